The number of hydrogen-bond acceptors (Lipinski definition) is 4. The van der Waals surface area contributed by atoms with Crippen molar-refractivity contribution in [3.63, 3.8) is 0 Å². The molecule has 142 valence electrons. The van der Waals surface area contributed by atoms with Crippen molar-refractivity contribution in [1.82, 2.24) is 4.90 Å². The van der Waals surface area contributed by atoms with Crippen molar-refractivity contribution in [3.05, 3.63) is 48.5 Å². The average Bonchev–Trinajstić information content (AvgIpc) is 3.19. The Balaban J connectivity index is 1.66. The monoisotopic (exact) mass is 369 g/mol. The smallest absolute Gasteiger partial charge is 0.322 e. The normalized spacial score (nSPS) is 15.9. The fraction of sp³-hybridized carbons (Fsp3) is 0.300. The predicted molar refractivity (Wildman–Crippen MR) is 103 cm³/mol. The van der Waals surface area contributed by atoms with Crippen LogP contribution in [0.15, 0.2) is 48.5 Å². The van der Waals surface area contributed by atoms with E-state index in [1.807, 2.05) is 12.1 Å². The molecule has 1 unspecified atom stereocenters. The molecule has 1 aliphatic heterocycles. The van der Waals surface area contributed by atoms with Gasteiger partial charge in [-0.25, -0.2) is 4.79 Å². The Morgan fingerprint density at radius 2 is 1.74 bits per heavy atom. The number of anilines is 2. The van der Waals surface area contributed by atoms with Crippen LogP contribution in [0.4, 0.5) is 16.2 Å². The summed E-state index contributed by atoms with van der Waals surface area (Å²) in [4.78, 5) is 26.9. The Morgan fingerprint density at radius 1 is 1.00 bits per heavy atom. The topological polar surface area (TPSA) is 79.9 Å². The van der Waals surface area contributed by atoms with E-state index in [0.717, 1.165) is 6.42 Å². The van der Waals surface area contributed by atoms with Crippen molar-refractivity contribution in [2.24, 2.45) is 0 Å². The number of amides is 3. The standard InChI is InChI=1S/C20H23N3O4/c1-26-15-11-9-14(10-12-15)21-19(24)17-7-5-13-23(17)20(25)22-16-6-3-4-8-18(16)27-2/h3-4,6,8-12,17H,5,7,13H2,1-2H3,(H,21,24)(H,22,25). The molecule has 3 rings (SSSR count). The molecule has 0 aliphatic carbocycles. The van der Waals surface area contributed by atoms with Crippen molar-refractivity contribution in [3.8, 4) is 11.5 Å². The Morgan fingerprint density at radius 3 is 2.44 bits per heavy atom. The Hall–Kier alpha value is -3.22. The molecule has 1 atom stereocenters. The van der Waals surface area contributed by atoms with E-state index < -0.39 is 6.04 Å². The predicted octanol–water partition coefficient (Wildman–Crippen LogP) is 3.34. The fourth-order valence-electron chi connectivity index (χ4n) is 3.12. The highest BCUT2D eigenvalue weighted by atomic mass is 16.5. The summed E-state index contributed by atoms with van der Waals surface area (Å²) >= 11 is 0. The molecule has 1 fully saturated rings. The summed E-state index contributed by atoms with van der Waals surface area (Å²) in [5.41, 5.74) is 1.24. The molecule has 1 heterocycles. The molecule has 0 radical (unpaired) electrons. The zero-order valence-corrected chi connectivity index (χ0v) is 15.4. The number of rotatable bonds is 5. The first-order chi connectivity index (χ1) is 13.1. The number of nitrogens with zero attached hydrogens (tertiary/aromatic N) is 1. The summed E-state index contributed by atoms with van der Waals surface area (Å²) in [5.74, 6) is 1.09. The van der Waals surface area contributed by atoms with E-state index in [9.17, 15) is 9.59 Å². The van der Waals surface area contributed by atoms with Crippen molar-refractivity contribution in [2.45, 2.75) is 18.9 Å². The Labute approximate surface area is 158 Å². The van der Waals surface area contributed by atoms with Gasteiger partial charge in [0.25, 0.3) is 0 Å². The molecule has 7 heteroatoms. The second-order valence-corrected chi connectivity index (χ2v) is 6.20. The first-order valence-corrected chi connectivity index (χ1v) is 8.78. The third kappa shape index (κ3) is 4.31. The second-order valence-electron chi connectivity index (χ2n) is 6.20. The Bertz CT molecular complexity index is 807. The lowest BCUT2D eigenvalue weighted by Gasteiger charge is -2.24. The van der Waals surface area contributed by atoms with Gasteiger partial charge in [-0.1, -0.05) is 12.1 Å². The van der Waals surface area contributed by atoms with Crippen LogP contribution in [0.25, 0.3) is 0 Å². The number of urea groups is 1. The number of hydrogen-bond donors (Lipinski definition) is 2. The molecule has 2 aromatic rings. The van der Waals surface area contributed by atoms with Crippen LogP contribution in [0.5, 0.6) is 11.5 Å². The lowest BCUT2D eigenvalue weighted by molar-refractivity contribution is -0.119. The van der Waals surface area contributed by atoms with Crippen LogP contribution in [0, 0.1) is 0 Å². The molecule has 0 bridgehead atoms. The largest absolute Gasteiger partial charge is 0.497 e. The first-order valence-electron chi connectivity index (χ1n) is 8.78. The van der Waals surface area contributed by atoms with Crippen LogP contribution in [0.1, 0.15) is 12.8 Å². The molecule has 0 spiro atoms. The zero-order valence-electron chi connectivity index (χ0n) is 15.4. The first kappa shape index (κ1) is 18.6. The minimum atomic E-state index is -0.512. The highest BCUT2D eigenvalue weighted by Gasteiger charge is 2.34. The summed E-state index contributed by atoms with van der Waals surface area (Å²) in [7, 11) is 3.14. The molecule has 27 heavy (non-hydrogen) atoms. The number of methoxy groups -OCH3 is 2. The summed E-state index contributed by atoms with van der Waals surface area (Å²) in [5, 5.41) is 5.70. The van der Waals surface area contributed by atoms with Crippen LogP contribution < -0.4 is 20.1 Å². The summed E-state index contributed by atoms with van der Waals surface area (Å²) in [6.45, 7) is 0.529. The third-order valence-electron chi connectivity index (χ3n) is 4.52. The highest BCUT2D eigenvalue weighted by Crippen LogP contribution is 2.26. The third-order valence-corrected chi connectivity index (χ3v) is 4.52. The van der Waals surface area contributed by atoms with Gasteiger partial charge in [0.1, 0.15) is 17.5 Å². The number of para-hydroxylation sites is 2. The second kappa shape index (κ2) is 8.44. The average molecular weight is 369 g/mol. The van der Waals surface area contributed by atoms with Crippen LogP contribution in [0.2, 0.25) is 0 Å². The van der Waals surface area contributed by atoms with Gasteiger partial charge in [0.05, 0.1) is 19.9 Å². The van der Waals surface area contributed by atoms with Gasteiger partial charge in [-0.2, -0.15) is 0 Å². The molecular formula is C20H23N3O4. The van der Waals surface area contributed by atoms with Gasteiger partial charge in [0, 0.05) is 12.2 Å². The van der Waals surface area contributed by atoms with E-state index in [2.05, 4.69) is 10.6 Å². The lowest BCUT2D eigenvalue weighted by Crippen LogP contribution is -2.45. The number of benzene rings is 2. The van der Waals surface area contributed by atoms with Gasteiger partial charge in [-0.05, 0) is 49.2 Å². The maximum Gasteiger partial charge on any atom is 0.322 e. The van der Waals surface area contributed by atoms with E-state index in [1.165, 1.54) is 0 Å². The molecule has 1 aliphatic rings. The van der Waals surface area contributed by atoms with Gasteiger partial charge < -0.3 is 25.0 Å². The molecule has 2 aromatic carbocycles. The van der Waals surface area contributed by atoms with E-state index in [0.29, 0.717) is 35.8 Å². The molecule has 2 N–H and O–H groups in total. The minimum absolute atomic E-state index is 0.201. The Kier molecular flexibility index (Phi) is 5.80. The van der Waals surface area contributed by atoms with Crippen LogP contribution in [0.3, 0.4) is 0 Å². The van der Waals surface area contributed by atoms with Gasteiger partial charge in [-0.3, -0.25) is 4.79 Å². The van der Waals surface area contributed by atoms with Crippen molar-refractivity contribution in [1.29, 1.82) is 0 Å². The SMILES string of the molecule is COc1ccc(NC(=O)C2CCCN2C(=O)Nc2ccccc2OC)cc1. The van der Waals surface area contributed by atoms with Crippen molar-refractivity contribution in [2.75, 3.05) is 31.4 Å². The van der Waals surface area contributed by atoms with E-state index in [1.54, 1.807) is 55.5 Å². The summed E-state index contributed by atoms with van der Waals surface area (Å²) in [6.07, 6.45) is 1.40. The molecule has 0 aromatic heterocycles. The van der Waals surface area contributed by atoms with Gasteiger partial charge >= 0.3 is 6.03 Å². The maximum absolute atomic E-state index is 12.7. The molecule has 1 saturated heterocycles. The number of likely N-dealkylation sites (tertiary alicyclic amines) is 1. The van der Waals surface area contributed by atoms with Gasteiger partial charge in [-0.15, -0.1) is 0 Å². The van der Waals surface area contributed by atoms with Crippen LogP contribution >= 0.6 is 0 Å². The lowest BCUT2D eigenvalue weighted by atomic mass is 10.2. The molecule has 3 amide bonds. The maximum atomic E-state index is 12.7. The van der Waals surface area contributed by atoms with Crippen LogP contribution in [-0.2, 0) is 4.79 Å². The number of nitrogens with one attached hydrogen (secondary N) is 2. The van der Waals surface area contributed by atoms with E-state index in [-0.39, 0.29) is 11.9 Å². The number of carbonyl (C=O) groups is 2. The van der Waals surface area contributed by atoms with Gasteiger partial charge in [0.2, 0.25) is 5.91 Å². The van der Waals surface area contributed by atoms with E-state index in [4.69, 9.17) is 9.47 Å². The molecular weight excluding hydrogens is 346 g/mol. The van der Waals surface area contributed by atoms with Gasteiger partial charge in [0.15, 0.2) is 0 Å². The summed E-state index contributed by atoms with van der Waals surface area (Å²) in [6, 6.07) is 13.4. The number of ether oxygens (including phenoxy) is 2. The van der Waals surface area contributed by atoms with Crippen molar-refractivity contribution < 1.29 is 19.1 Å². The quantitative estimate of drug-likeness (QED) is 0.847. The van der Waals surface area contributed by atoms with Crippen LogP contribution in [-0.4, -0.2) is 43.6 Å². The van der Waals surface area contributed by atoms with Crippen molar-refractivity contribution >= 4 is 23.3 Å². The molecule has 0 saturated carbocycles. The van der Waals surface area contributed by atoms with E-state index >= 15 is 0 Å². The number of carbonyl (C=O) groups excluding carboxylic acids is 2. The molecule has 7 nitrogen and oxygen atoms in total. The highest BCUT2D eigenvalue weighted by molar-refractivity contribution is 6.00. The summed E-state index contributed by atoms with van der Waals surface area (Å²) < 4.78 is 10.4. The fourth-order valence-corrected chi connectivity index (χ4v) is 3.12. The zero-order chi connectivity index (χ0) is 19.2. The minimum Gasteiger partial charge on any atom is -0.497 e.